The number of hydrogen-bond acceptors (Lipinski definition) is 8. The fourth-order valence-corrected chi connectivity index (χ4v) is 5.23. The maximum absolute atomic E-state index is 13.2. The molecule has 3 aliphatic rings. The van der Waals surface area contributed by atoms with Crippen molar-refractivity contribution in [1.29, 1.82) is 0 Å². The van der Waals surface area contributed by atoms with E-state index >= 15 is 0 Å². The Balaban J connectivity index is 1.84. The summed E-state index contributed by atoms with van der Waals surface area (Å²) in [7, 11) is 0. The number of ether oxygens (including phenoxy) is 4. The maximum atomic E-state index is 13.2. The van der Waals surface area contributed by atoms with Crippen molar-refractivity contribution in [3.63, 3.8) is 0 Å². The van der Waals surface area contributed by atoms with Gasteiger partial charge in [-0.1, -0.05) is 22.9 Å². The van der Waals surface area contributed by atoms with Crippen molar-refractivity contribution in [3.8, 4) is 0 Å². The highest BCUT2D eigenvalue weighted by Crippen LogP contribution is 2.58. The molecule has 1 fully saturated rings. The van der Waals surface area contributed by atoms with Crippen LogP contribution in [0, 0.1) is 5.41 Å². The molecule has 0 saturated carbocycles. The van der Waals surface area contributed by atoms with Gasteiger partial charge in [0.2, 0.25) is 0 Å². The highest BCUT2D eigenvalue weighted by atomic mass is 79.9. The lowest BCUT2D eigenvalue weighted by molar-refractivity contribution is -0.172. The van der Waals surface area contributed by atoms with Crippen LogP contribution >= 0.6 is 15.9 Å². The third kappa shape index (κ3) is 4.50. The van der Waals surface area contributed by atoms with Crippen molar-refractivity contribution in [2.24, 2.45) is 10.4 Å². The van der Waals surface area contributed by atoms with Gasteiger partial charge >= 0.3 is 18.2 Å². The molecular weight excluding hydrogens is 518 g/mol. The van der Waals surface area contributed by atoms with E-state index in [0.29, 0.717) is 13.2 Å². The van der Waals surface area contributed by atoms with Crippen molar-refractivity contribution in [2.45, 2.75) is 77.7 Å². The second-order valence-electron chi connectivity index (χ2n) is 11.3. The van der Waals surface area contributed by atoms with Gasteiger partial charge < -0.3 is 24.3 Å². The molecule has 0 aromatic heterocycles. The Morgan fingerprint density at radius 1 is 1.11 bits per heavy atom. The van der Waals surface area contributed by atoms with Crippen LogP contribution in [0.4, 0.5) is 15.3 Å². The smallest absolute Gasteiger partial charge is 0.428 e. The highest BCUT2D eigenvalue weighted by molar-refractivity contribution is 9.10. The van der Waals surface area contributed by atoms with Gasteiger partial charge in [0.25, 0.3) is 0 Å². The molecule has 0 radical (unpaired) electrons. The molecule has 9 nitrogen and oxygen atoms in total. The fraction of sp³-hybridized carbons (Fsp3) is 0.640. The molecule has 1 N–H and O–H groups in total. The van der Waals surface area contributed by atoms with Crippen LogP contribution < -0.4 is 5.32 Å². The minimum atomic E-state index is -0.906. The molecule has 1 saturated heterocycles. The number of hydrogen-bond donors (Lipinski definition) is 1. The Labute approximate surface area is 214 Å². The van der Waals surface area contributed by atoms with E-state index in [-0.39, 0.29) is 18.7 Å². The van der Waals surface area contributed by atoms with E-state index in [1.165, 1.54) is 0 Å². The number of carbonyl (C=O) groups excluding carboxylic acids is 2. The summed E-state index contributed by atoms with van der Waals surface area (Å²) in [4.78, 5) is 32.2. The van der Waals surface area contributed by atoms with Crippen molar-refractivity contribution in [3.05, 3.63) is 28.2 Å². The number of imide groups is 1. The normalized spacial score (nSPS) is 24.6. The standard InChI is InChI=1S/C25H34BrN3O6/c1-8-18-24(12-32-13-24)25(16-11-15(26)9-10-17(16)27-18)14-33-19(28-25)29(20(30)34-22(2,3)4)21(31)35-23(5,6)7/h9-11,18,27H,8,12-14H2,1-7H3. The average molecular weight is 552 g/mol. The van der Waals surface area contributed by atoms with E-state index in [2.05, 4.69) is 28.2 Å². The largest absolute Gasteiger partial charge is 0.461 e. The Hall–Kier alpha value is -2.33. The van der Waals surface area contributed by atoms with Crippen LogP contribution in [0.1, 0.15) is 60.5 Å². The molecule has 2 unspecified atom stereocenters. The van der Waals surface area contributed by atoms with E-state index in [1.54, 1.807) is 41.5 Å². The number of halogens is 1. The zero-order valence-electron chi connectivity index (χ0n) is 21.4. The number of amides is 2. The van der Waals surface area contributed by atoms with Crippen molar-refractivity contribution >= 4 is 39.8 Å². The third-order valence-electron chi connectivity index (χ3n) is 6.42. The first-order chi connectivity index (χ1) is 16.2. The van der Waals surface area contributed by atoms with E-state index < -0.39 is 34.3 Å². The summed E-state index contributed by atoms with van der Waals surface area (Å²) in [6.45, 7) is 13.6. The van der Waals surface area contributed by atoms with E-state index in [0.717, 1.165) is 27.0 Å². The van der Waals surface area contributed by atoms with Gasteiger partial charge in [0.05, 0.1) is 18.6 Å². The fourth-order valence-electron chi connectivity index (χ4n) is 4.87. The van der Waals surface area contributed by atoms with Crippen LogP contribution in [0.2, 0.25) is 0 Å². The lowest BCUT2D eigenvalue weighted by Gasteiger charge is -2.58. The number of aliphatic imine (C=N–C) groups is 1. The number of amidine groups is 1. The van der Waals surface area contributed by atoms with Gasteiger partial charge in [0, 0.05) is 21.8 Å². The molecule has 2 atom stereocenters. The molecule has 10 heteroatoms. The van der Waals surface area contributed by atoms with Crippen molar-refractivity contribution in [2.75, 3.05) is 25.1 Å². The molecule has 2 spiro atoms. The number of nitrogens with zero attached hydrogens (tertiary/aromatic N) is 2. The summed E-state index contributed by atoms with van der Waals surface area (Å²) < 4.78 is 23.8. The lowest BCUT2D eigenvalue weighted by atomic mass is 9.58. The summed E-state index contributed by atoms with van der Waals surface area (Å²) >= 11 is 3.58. The molecule has 192 valence electrons. The molecule has 0 bridgehead atoms. The zero-order chi connectivity index (χ0) is 25.8. The quantitative estimate of drug-likeness (QED) is 0.497. The molecule has 3 heterocycles. The zero-order valence-corrected chi connectivity index (χ0v) is 22.9. The third-order valence-corrected chi connectivity index (χ3v) is 6.91. The highest BCUT2D eigenvalue weighted by Gasteiger charge is 2.67. The van der Waals surface area contributed by atoms with Crippen LogP contribution in [0.3, 0.4) is 0 Å². The number of benzene rings is 1. The van der Waals surface area contributed by atoms with Crippen LogP contribution in [-0.2, 0) is 24.5 Å². The van der Waals surface area contributed by atoms with Crippen molar-refractivity contribution < 1.29 is 28.5 Å². The van der Waals surface area contributed by atoms with Gasteiger partial charge in [-0.05, 0) is 66.2 Å². The van der Waals surface area contributed by atoms with Crippen LogP contribution in [0.15, 0.2) is 27.7 Å². The van der Waals surface area contributed by atoms with E-state index in [4.69, 9.17) is 23.9 Å². The molecule has 1 aromatic rings. The maximum Gasteiger partial charge on any atom is 0.428 e. The first kappa shape index (κ1) is 25.8. The summed E-state index contributed by atoms with van der Waals surface area (Å²) in [6, 6.07) is 5.91. The Bertz CT molecular complexity index is 1030. The second-order valence-corrected chi connectivity index (χ2v) is 12.2. The van der Waals surface area contributed by atoms with Gasteiger partial charge in [-0.2, -0.15) is 0 Å². The molecule has 4 rings (SSSR count). The topological polar surface area (TPSA) is 98.7 Å². The molecule has 1 aromatic carbocycles. The summed E-state index contributed by atoms with van der Waals surface area (Å²) in [6.07, 6.45) is -0.971. The lowest BCUT2D eigenvalue weighted by Crippen LogP contribution is -2.68. The number of fused-ring (bicyclic) bond motifs is 3. The first-order valence-corrected chi connectivity index (χ1v) is 12.6. The minimum absolute atomic E-state index is 0.0631. The number of carbonyl (C=O) groups is 2. The molecule has 35 heavy (non-hydrogen) atoms. The van der Waals surface area contributed by atoms with E-state index in [9.17, 15) is 9.59 Å². The summed E-state index contributed by atoms with van der Waals surface area (Å²) in [5.74, 6) is 0. The Kier molecular flexibility index (Phi) is 6.37. The summed E-state index contributed by atoms with van der Waals surface area (Å²) in [5.41, 5.74) is -1.10. The second kappa shape index (κ2) is 8.65. The van der Waals surface area contributed by atoms with Gasteiger partial charge in [-0.3, -0.25) is 0 Å². The monoisotopic (exact) mass is 551 g/mol. The number of nitrogens with one attached hydrogen (secondary N) is 1. The van der Waals surface area contributed by atoms with Crippen LogP contribution in [0.5, 0.6) is 0 Å². The predicted molar refractivity (Wildman–Crippen MR) is 134 cm³/mol. The first-order valence-electron chi connectivity index (χ1n) is 11.8. The van der Waals surface area contributed by atoms with Crippen LogP contribution in [-0.4, -0.2) is 60.2 Å². The molecule has 3 aliphatic heterocycles. The van der Waals surface area contributed by atoms with Gasteiger partial charge in [0.15, 0.2) is 0 Å². The van der Waals surface area contributed by atoms with E-state index in [1.807, 2.05) is 18.2 Å². The Morgan fingerprint density at radius 3 is 2.20 bits per heavy atom. The number of anilines is 1. The van der Waals surface area contributed by atoms with Gasteiger partial charge in [-0.25, -0.2) is 14.6 Å². The van der Waals surface area contributed by atoms with Gasteiger partial charge in [-0.15, -0.1) is 4.90 Å². The number of rotatable bonds is 1. The minimum Gasteiger partial charge on any atom is -0.461 e. The predicted octanol–water partition coefficient (Wildman–Crippen LogP) is 5.42. The SMILES string of the molecule is CCC1Nc2ccc(Br)cc2C2(COC(N(C(=O)OC(C)(C)C)C(=O)OC(C)(C)C)=N2)C12COC2. The van der Waals surface area contributed by atoms with Crippen LogP contribution in [0.25, 0.3) is 0 Å². The molecule has 2 amide bonds. The average Bonchev–Trinajstić information content (AvgIpc) is 3.09. The van der Waals surface area contributed by atoms with Crippen molar-refractivity contribution in [1.82, 2.24) is 4.90 Å². The molecule has 0 aliphatic carbocycles. The Morgan fingerprint density at radius 2 is 1.71 bits per heavy atom. The molecular formula is C25H34BrN3O6. The summed E-state index contributed by atoms with van der Waals surface area (Å²) in [5, 5.41) is 3.65. The van der Waals surface area contributed by atoms with Gasteiger partial charge in [0.1, 0.15) is 23.3 Å².